The fraction of sp³-hybridized carbons (Fsp3) is 0.133. The number of nitrogens with zero attached hydrogens (tertiary/aromatic N) is 2. The Hall–Kier alpha value is -2.49. The van der Waals surface area contributed by atoms with Crippen molar-refractivity contribution in [1.82, 2.24) is 9.55 Å². The summed E-state index contributed by atoms with van der Waals surface area (Å²) in [5.74, 6) is 1.91. The van der Waals surface area contributed by atoms with E-state index in [1.54, 1.807) is 19.2 Å². The Kier molecular flexibility index (Phi) is 2.63. The zero-order chi connectivity index (χ0) is 13.4. The number of phenolic OH excluding ortho intramolecular Hbond substituents is 1. The lowest BCUT2D eigenvalue weighted by molar-refractivity contribution is 0.415. The van der Waals surface area contributed by atoms with Crippen LogP contribution in [0.1, 0.15) is 0 Å². The van der Waals surface area contributed by atoms with Gasteiger partial charge in [-0.15, -0.1) is 0 Å². The molecule has 0 aliphatic carbocycles. The van der Waals surface area contributed by atoms with E-state index in [0.717, 1.165) is 28.2 Å². The van der Waals surface area contributed by atoms with E-state index in [0.29, 0.717) is 0 Å². The minimum absolute atomic E-state index is 0.229. The summed E-state index contributed by atoms with van der Waals surface area (Å²) in [4.78, 5) is 4.56. The van der Waals surface area contributed by atoms with Crippen molar-refractivity contribution in [3.63, 3.8) is 0 Å². The fourth-order valence-corrected chi connectivity index (χ4v) is 2.19. The number of hydrogen-bond donors (Lipinski definition) is 1. The average molecular weight is 254 g/mol. The van der Waals surface area contributed by atoms with Gasteiger partial charge in [-0.1, -0.05) is 0 Å². The number of phenols is 1. The van der Waals surface area contributed by atoms with E-state index in [1.165, 1.54) is 0 Å². The fourth-order valence-electron chi connectivity index (χ4n) is 2.19. The monoisotopic (exact) mass is 254 g/mol. The predicted molar refractivity (Wildman–Crippen MR) is 74.4 cm³/mol. The Labute approximate surface area is 110 Å². The molecule has 3 rings (SSSR count). The number of fused-ring (bicyclic) bond motifs is 1. The summed E-state index contributed by atoms with van der Waals surface area (Å²) in [5.41, 5.74) is 2.79. The highest BCUT2D eigenvalue weighted by molar-refractivity contribution is 5.81. The quantitative estimate of drug-likeness (QED) is 0.764. The molecule has 0 amide bonds. The van der Waals surface area contributed by atoms with Crippen LogP contribution in [0, 0.1) is 0 Å². The van der Waals surface area contributed by atoms with Crippen LogP contribution in [-0.2, 0) is 7.05 Å². The smallest absolute Gasteiger partial charge is 0.140 e. The molecule has 0 spiro atoms. The van der Waals surface area contributed by atoms with Gasteiger partial charge in [0.2, 0.25) is 0 Å². The zero-order valence-corrected chi connectivity index (χ0v) is 10.8. The van der Waals surface area contributed by atoms with Crippen molar-refractivity contribution in [2.45, 2.75) is 0 Å². The standard InChI is InChI=1S/C15H14N2O2/c1-17-14-8-5-11(18)9-13(14)16-15(17)10-3-6-12(19-2)7-4-10/h3-9,18H,1-2H3. The maximum Gasteiger partial charge on any atom is 0.140 e. The normalized spacial score (nSPS) is 10.8. The molecule has 2 aromatic carbocycles. The molecule has 0 unspecified atom stereocenters. The zero-order valence-electron chi connectivity index (χ0n) is 10.8. The van der Waals surface area contributed by atoms with Crippen molar-refractivity contribution in [3.8, 4) is 22.9 Å². The highest BCUT2D eigenvalue weighted by Gasteiger charge is 2.10. The number of methoxy groups -OCH3 is 1. The lowest BCUT2D eigenvalue weighted by atomic mass is 10.2. The number of aromatic hydroxyl groups is 1. The number of imidazole rings is 1. The maximum absolute atomic E-state index is 9.50. The SMILES string of the molecule is COc1ccc(-c2nc3cc(O)ccc3n2C)cc1. The molecule has 0 bridgehead atoms. The van der Waals surface area contributed by atoms with E-state index in [9.17, 15) is 5.11 Å². The Bertz CT molecular complexity index is 730. The second-order valence-electron chi connectivity index (χ2n) is 4.40. The van der Waals surface area contributed by atoms with Crippen molar-refractivity contribution in [3.05, 3.63) is 42.5 Å². The Morgan fingerprint density at radius 2 is 1.84 bits per heavy atom. The predicted octanol–water partition coefficient (Wildman–Crippen LogP) is 2.95. The molecule has 3 aromatic rings. The third kappa shape index (κ3) is 1.91. The first kappa shape index (κ1) is 11.6. The molecule has 0 aliphatic rings. The third-order valence-corrected chi connectivity index (χ3v) is 3.21. The molecular formula is C15H14N2O2. The Balaban J connectivity index is 2.15. The van der Waals surface area contributed by atoms with Crippen molar-refractivity contribution >= 4 is 11.0 Å². The van der Waals surface area contributed by atoms with Gasteiger partial charge in [-0.25, -0.2) is 4.98 Å². The van der Waals surface area contributed by atoms with E-state index in [1.807, 2.05) is 41.9 Å². The van der Waals surface area contributed by atoms with Crippen LogP contribution in [-0.4, -0.2) is 21.8 Å². The third-order valence-electron chi connectivity index (χ3n) is 3.21. The number of hydrogen-bond acceptors (Lipinski definition) is 3. The molecule has 1 heterocycles. The second-order valence-corrected chi connectivity index (χ2v) is 4.40. The van der Waals surface area contributed by atoms with Crippen LogP contribution in [0.25, 0.3) is 22.4 Å². The summed E-state index contributed by atoms with van der Waals surface area (Å²) in [6, 6.07) is 13.0. The van der Waals surface area contributed by atoms with Gasteiger partial charge < -0.3 is 14.4 Å². The Morgan fingerprint density at radius 1 is 1.11 bits per heavy atom. The molecular weight excluding hydrogens is 240 g/mol. The minimum atomic E-state index is 0.229. The van der Waals surface area contributed by atoms with Crippen molar-refractivity contribution in [1.29, 1.82) is 0 Å². The minimum Gasteiger partial charge on any atom is -0.508 e. The second kappa shape index (κ2) is 4.31. The van der Waals surface area contributed by atoms with E-state index in [-0.39, 0.29) is 5.75 Å². The van der Waals surface area contributed by atoms with Gasteiger partial charge in [0.1, 0.15) is 17.3 Å². The van der Waals surface area contributed by atoms with Gasteiger partial charge in [-0.2, -0.15) is 0 Å². The van der Waals surface area contributed by atoms with Crippen LogP contribution < -0.4 is 4.74 Å². The molecule has 0 radical (unpaired) electrons. The maximum atomic E-state index is 9.50. The van der Waals surface area contributed by atoms with E-state index in [2.05, 4.69) is 4.98 Å². The van der Waals surface area contributed by atoms with E-state index >= 15 is 0 Å². The molecule has 0 fully saturated rings. The topological polar surface area (TPSA) is 47.3 Å². The van der Waals surface area contributed by atoms with Crippen molar-refractivity contribution in [2.75, 3.05) is 7.11 Å². The van der Waals surface area contributed by atoms with Crippen molar-refractivity contribution in [2.24, 2.45) is 7.05 Å². The molecule has 0 saturated carbocycles. The van der Waals surface area contributed by atoms with Crippen LogP contribution in [0.2, 0.25) is 0 Å². The van der Waals surface area contributed by atoms with Crippen LogP contribution in [0.5, 0.6) is 11.5 Å². The van der Waals surface area contributed by atoms with Crippen LogP contribution >= 0.6 is 0 Å². The van der Waals surface area contributed by atoms with Gasteiger partial charge in [-0.3, -0.25) is 0 Å². The van der Waals surface area contributed by atoms with Crippen LogP contribution in [0.3, 0.4) is 0 Å². The highest BCUT2D eigenvalue weighted by Crippen LogP contribution is 2.27. The molecule has 19 heavy (non-hydrogen) atoms. The molecule has 1 N–H and O–H groups in total. The summed E-state index contributed by atoms with van der Waals surface area (Å²) < 4.78 is 7.16. The summed E-state index contributed by atoms with van der Waals surface area (Å²) in [6.45, 7) is 0. The molecule has 4 heteroatoms. The molecule has 0 saturated heterocycles. The van der Waals surface area contributed by atoms with Crippen LogP contribution in [0.4, 0.5) is 0 Å². The number of rotatable bonds is 2. The molecule has 1 aromatic heterocycles. The van der Waals surface area contributed by atoms with E-state index < -0.39 is 0 Å². The van der Waals surface area contributed by atoms with Gasteiger partial charge in [0, 0.05) is 18.7 Å². The average Bonchev–Trinajstić information content (AvgIpc) is 2.75. The number of aryl methyl sites for hydroxylation is 1. The van der Waals surface area contributed by atoms with Gasteiger partial charge in [0.25, 0.3) is 0 Å². The van der Waals surface area contributed by atoms with Crippen LogP contribution in [0.15, 0.2) is 42.5 Å². The number of benzene rings is 2. The summed E-state index contributed by atoms with van der Waals surface area (Å²) >= 11 is 0. The molecule has 0 atom stereocenters. The Morgan fingerprint density at radius 3 is 2.53 bits per heavy atom. The lowest BCUT2D eigenvalue weighted by Crippen LogP contribution is -1.92. The first-order valence-electron chi connectivity index (χ1n) is 5.99. The lowest BCUT2D eigenvalue weighted by Gasteiger charge is -2.04. The summed E-state index contributed by atoms with van der Waals surface area (Å²) in [5, 5.41) is 9.50. The van der Waals surface area contributed by atoms with Gasteiger partial charge in [-0.05, 0) is 36.4 Å². The highest BCUT2D eigenvalue weighted by atomic mass is 16.5. The first-order chi connectivity index (χ1) is 9.19. The van der Waals surface area contributed by atoms with Gasteiger partial charge >= 0.3 is 0 Å². The van der Waals surface area contributed by atoms with Gasteiger partial charge in [0.15, 0.2) is 0 Å². The first-order valence-corrected chi connectivity index (χ1v) is 5.99. The summed E-state index contributed by atoms with van der Waals surface area (Å²) in [7, 11) is 3.61. The van der Waals surface area contributed by atoms with E-state index in [4.69, 9.17) is 4.74 Å². The van der Waals surface area contributed by atoms with Gasteiger partial charge in [0.05, 0.1) is 18.1 Å². The molecule has 4 nitrogen and oxygen atoms in total. The largest absolute Gasteiger partial charge is 0.508 e. The summed E-state index contributed by atoms with van der Waals surface area (Å²) in [6.07, 6.45) is 0. The molecule has 96 valence electrons. The molecule has 0 aliphatic heterocycles. The van der Waals surface area contributed by atoms with Crippen molar-refractivity contribution < 1.29 is 9.84 Å². The number of ether oxygens (including phenoxy) is 1. The number of aromatic nitrogens is 2.